The van der Waals surface area contributed by atoms with Gasteiger partial charge < -0.3 is 5.11 Å². The Bertz CT molecular complexity index is 594. The summed E-state index contributed by atoms with van der Waals surface area (Å²) in [5, 5.41) is 11.1. The Morgan fingerprint density at radius 2 is 2.21 bits per heavy atom. The van der Waals surface area contributed by atoms with Gasteiger partial charge in [-0.15, -0.1) is 0 Å². The predicted molar refractivity (Wildman–Crippen MR) is 79.9 cm³/mol. The van der Waals surface area contributed by atoms with E-state index in [9.17, 15) is 9.90 Å². The summed E-state index contributed by atoms with van der Waals surface area (Å²) in [4.78, 5) is 11.7. The highest BCUT2D eigenvalue weighted by Gasteiger charge is 2.44. The van der Waals surface area contributed by atoms with Gasteiger partial charge in [-0.05, 0) is 48.1 Å². The van der Waals surface area contributed by atoms with Crippen LogP contribution in [0.3, 0.4) is 0 Å². The van der Waals surface area contributed by atoms with Gasteiger partial charge in [0.2, 0.25) is 0 Å². The summed E-state index contributed by atoms with van der Waals surface area (Å²) in [5.74, 6) is 0.317. The van der Waals surface area contributed by atoms with E-state index < -0.39 is 0 Å². The van der Waals surface area contributed by atoms with Crippen LogP contribution in [0.1, 0.15) is 30.4 Å². The number of carbonyl (C=O) groups is 1. The Morgan fingerprint density at radius 3 is 2.95 bits per heavy atom. The van der Waals surface area contributed by atoms with Crippen molar-refractivity contribution in [2.45, 2.75) is 25.7 Å². The van der Waals surface area contributed by atoms with E-state index in [-0.39, 0.29) is 16.9 Å². The van der Waals surface area contributed by atoms with Crippen molar-refractivity contribution in [2.75, 3.05) is 5.33 Å². The zero-order valence-electron chi connectivity index (χ0n) is 10.4. The minimum atomic E-state index is 0.0111. The molecule has 2 aliphatic carbocycles. The second kappa shape index (κ2) is 4.64. The maximum atomic E-state index is 11.7. The van der Waals surface area contributed by atoms with E-state index in [2.05, 4.69) is 15.9 Å². The van der Waals surface area contributed by atoms with Crippen LogP contribution in [-0.4, -0.2) is 16.2 Å². The molecule has 2 aliphatic rings. The number of phenolic OH excluding ortho intramolecular Hbond substituents is 1. The molecule has 0 saturated heterocycles. The van der Waals surface area contributed by atoms with Crippen molar-refractivity contribution in [1.29, 1.82) is 0 Å². The second-order valence-corrected chi connectivity index (χ2v) is 6.52. The Kier molecular flexibility index (Phi) is 3.22. The SMILES string of the molecule is O=C1C=C2c3ccc(O)c(Cl)c3C[C@]2(CCBr)CC1. The predicted octanol–water partition coefficient (Wildman–Crippen LogP) is 4.12. The Morgan fingerprint density at radius 1 is 1.42 bits per heavy atom. The summed E-state index contributed by atoms with van der Waals surface area (Å²) >= 11 is 9.74. The molecule has 0 unspecified atom stereocenters. The van der Waals surface area contributed by atoms with Gasteiger partial charge in [-0.25, -0.2) is 0 Å². The molecule has 0 radical (unpaired) electrons. The van der Waals surface area contributed by atoms with Gasteiger partial charge in [0.05, 0.1) is 5.02 Å². The van der Waals surface area contributed by atoms with Crippen molar-refractivity contribution in [2.24, 2.45) is 5.41 Å². The molecule has 0 amide bonds. The summed E-state index contributed by atoms with van der Waals surface area (Å²) < 4.78 is 0. The van der Waals surface area contributed by atoms with Crippen LogP contribution in [0.25, 0.3) is 5.57 Å². The second-order valence-electron chi connectivity index (χ2n) is 5.35. The first-order valence-electron chi connectivity index (χ1n) is 6.39. The number of benzene rings is 1. The molecule has 0 saturated carbocycles. The maximum Gasteiger partial charge on any atom is 0.156 e. The van der Waals surface area contributed by atoms with Gasteiger partial charge in [-0.3, -0.25) is 4.79 Å². The van der Waals surface area contributed by atoms with Crippen molar-refractivity contribution in [3.63, 3.8) is 0 Å². The van der Waals surface area contributed by atoms with Gasteiger partial charge in [-0.2, -0.15) is 0 Å². The number of alkyl halides is 1. The van der Waals surface area contributed by atoms with Crippen LogP contribution in [0.15, 0.2) is 18.2 Å². The molecule has 19 heavy (non-hydrogen) atoms. The number of halogens is 2. The highest BCUT2D eigenvalue weighted by Crippen LogP contribution is 2.56. The smallest absolute Gasteiger partial charge is 0.156 e. The summed E-state index contributed by atoms with van der Waals surface area (Å²) in [6, 6.07) is 3.50. The third-order valence-electron chi connectivity index (χ3n) is 4.33. The molecular weight excluding hydrogens is 328 g/mol. The lowest BCUT2D eigenvalue weighted by Gasteiger charge is -2.33. The van der Waals surface area contributed by atoms with Crippen molar-refractivity contribution in [3.8, 4) is 5.75 Å². The van der Waals surface area contributed by atoms with E-state index in [4.69, 9.17) is 11.6 Å². The average Bonchev–Trinajstić information content (AvgIpc) is 2.70. The molecule has 100 valence electrons. The molecule has 1 aromatic carbocycles. The van der Waals surface area contributed by atoms with Crippen LogP contribution in [-0.2, 0) is 11.2 Å². The van der Waals surface area contributed by atoms with Gasteiger partial charge >= 0.3 is 0 Å². The highest BCUT2D eigenvalue weighted by atomic mass is 79.9. The molecule has 1 aromatic rings. The molecule has 0 aromatic heterocycles. The van der Waals surface area contributed by atoms with Crippen molar-refractivity contribution < 1.29 is 9.90 Å². The molecule has 0 heterocycles. The Hall–Kier alpha value is -0.800. The van der Waals surface area contributed by atoms with Crippen LogP contribution in [0.4, 0.5) is 0 Å². The standard InChI is InChI=1S/C15H14BrClO2/c16-6-5-15-4-3-9(18)7-12(15)10-1-2-13(19)14(17)11(10)8-15/h1-2,7,19H,3-6,8H2/t15-/m1/s1. The Balaban J connectivity index is 2.19. The molecule has 0 spiro atoms. The monoisotopic (exact) mass is 340 g/mol. The molecule has 0 aliphatic heterocycles. The van der Waals surface area contributed by atoms with E-state index in [0.29, 0.717) is 11.4 Å². The van der Waals surface area contributed by atoms with Crippen LogP contribution in [0, 0.1) is 5.41 Å². The summed E-state index contributed by atoms with van der Waals surface area (Å²) in [6.45, 7) is 0. The lowest BCUT2D eigenvalue weighted by Crippen LogP contribution is -2.26. The van der Waals surface area contributed by atoms with Crippen molar-refractivity contribution >= 4 is 38.9 Å². The summed E-state index contributed by atoms with van der Waals surface area (Å²) in [6.07, 6.45) is 5.06. The lowest BCUT2D eigenvalue weighted by molar-refractivity contribution is -0.115. The fourth-order valence-corrected chi connectivity index (χ4v) is 4.32. The molecular formula is C15H14BrClO2. The zero-order chi connectivity index (χ0) is 13.6. The first-order valence-corrected chi connectivity index (χ1v) is 7.89. The van der Waals surface area contributed by atoms with E-state index in [0.717, 1.165) is 41.3 Å². The number of fused-ring (bicyclic) bond motifs is 3. The van der Waals surface area contributed by atoms with Crippen molar-refractivity contribution in [3.05, 3.63) is 34.4 Å². The van der Waals surface area contributed by atoms with Crippen LogP contribution >= 0.6 is 27.5 Å². The molecule has 2 nitrogen and oxygen atoms in total. The molecule has 0 fully saturated rings. The van der Waals surface area contributed by atoms with E-state index >= 15 is 0 Å². The third-order valence-corrected chi connectivity index (χ3v) is 5.15. The fraction of sp³-hybridized carbons (Fsp3) is 0.400. The van der Waals surface area contributed by atoms with E-state index in [1.807, 2.05) is 6.07 Å². The van der Waals surface area contributed by atoms with Gasteiger partial charge in [0.1, 0.15) is 5.75 Å². The number of hydrogen-bond donors (Lipinski definition) is 1. The number of hydrogen-bond acceptors (Lipinski definition) is 2. The Labute approximate surface area is 125 Å². The first kappa shape index (κ1) is 13.2. The molecule has 4 heteroatoms. The van der Waals surface area contributed by atoms with Crippen LogP contribution in [0.5, 0.6) is 5.75 Å². The number of phenols is 1. The highest BCUT2D eigenvalue weighted by molar-refractivity contribution is 9.09. The average molecular weight is 342 g/mol. The quantitative estimate of drug-likeness (QED) is 0.822. The van der Waals surface area contributed by atoms with E-state index in [1.54, 1.807) is 12.1 Å². The molecule has 1 N–H and O–H groups in total. The number of carbonyl (C=O) groups excluding carboxylic acids is 1. The van der Waals surface area contributed by atoms with Crippen LogP contribution < -0.4 is 0 Å². The van der Waals surface area contributed by atoms with Crippen LogP contribution in [0.2, 0.25) is 5.02 Å². The normalized spacial score (nSPS) is 24.9. The topological polar surface area (TPSA) is 37.3 Å². The largest absolute Gasteiger partial charge is 0.506 e. The third kappa shape index (κ3) is 1.95. The lowest BCUT2D eigenvalue weighted by atomic mass is 9.71. The summed E-state index contributed by atoms with van der Waals surface area (Å²) in [5.41, 5.74) is 3.15. The zero-order valence-corrected chi connectivity index (χ0v) is 12.7. The number of allylic oxidation sites excluding steroid dienone is 2. The number of ketones is 1. The maximum absolute atomic E-state index is 11.7. The number of aromatic hydroxyl groups is 1. The molecule has 0 bridgehead atoms. The molecule has 1 atom stereocenters. The van der Waals surface area contributed by atoms with Gasteiger partial charge in [0.25, 0.3) is 0 Å². The number of rotatable bonds is 2. The van der Waals surface area contributed by atoms with E-state index in [1.165, 1.54) is 0 Å². The molecule has 3 rings (SSSR count). The minimum absolute atomic E-state index is 0.0111. The van der Waals surface area contributed by atoms with Crippen molar-refractivity contribution in [1.82, 2.24) is 0 Å². The fourth-order valence-electron chi connectivity index (χ4n) is 3.33. The minimum Gasteiger partial charge on any atom is -0.506 e. The summed E-state index contributed by atoms with van der Waals surface area (Å²) in [7, 11) is 0. The van der Waals surface area contributed by atoms with Gasteiger partial charge in [0, 0.05) is 17.2 Å². The van der Waals surface area contributed by atoms with Gasteiger partial charge in [-0.1, -0.05) is 33.6 Å². The first-order chi connectivity index (χ1) is 9.07. The van der Waals surface area contributed by atoms with Gasteiger partial charge in [0.15, 0.2) is 5.78 Å².